The van der Waals surface area contributed by atoms with Crippen LogP contribution in [0.2, 0.25) is 5.02 Å². The minimum Gasteiger partial charge on any atom is -0.352 e. The Morgan fingerprint density at radius 1 is 1.09 bits per heavy atom. The molecule has 2 rings (SSSR count). The van der Waals surface area contributed by atoms with Crippen molar-refractivity contribution in [3.8, 4) is 0 Å². The first-order valence-electron chi connectivity index (χ1n) is 10.8. The van der Waals surface area contributed by atoms with Crippen LogP contribution in [0.15, 0.2) is 48.5 Å². The highest BCUT2D eigenvalue weighted by Gasteiger charge is 2.31. The summed E-state index contributed by atoms with van der Waals surface area (Å²) in [7, 11) is -3.75. The summed E-state index contributed by atoms with van der Waals surface area (Å²) in [6, 6.07) is 13.1. The van der Waals surface area contributed by atoms with Gasteiger partial charge in [0, 0.05) is 17.6 Å². The van der Waals surface area contributed by atoms with Crippen LogP contribution in [-0.4, -0.2) is 50.0 Å². The van der Waals surface area contributed by atoms with E-state index in [1.165, 1.54) is 4.90 Å². The number of sulfonamides is 1. The standard InChI is InChI=1S/C24H32ClN3O4S/c1-6-22(24(30)26-17(2)3)27(15-19-10-12-20(25)13-11-19)23(29)16-28(33(5,31)32)21-9-7-8-18(4)14-21/h7-14,17,22H,6,15-16H2,1-5H3,(H,26,30). The zero-order valence-electron chi connectivity index (χ0n) is 19.7. The Morgan fingerprint density at radius 2 is 1.73 bits per heavy atom. The summed E-state index contributed by atoms with van der Waals surface area (Å²) in [5, 5.41) is 3.42. The van der Waals surface area contributed by atoms with Crippen LogP contribution in [0.1, 0.15) is 38.3 Å². The second-order valence-electron chi connectivity index (χ2n) is 8.34. The molecular weight excluding hydrogens is 462 g/mol. The summed E-state index contributed by atoms with van der Waals surface area (Å²) in [6.45, 7) is 7.09. The molecule has 0 heterocycles. The van der Waals surface area contributed by atoms with E-state index < -0.39 is 28.5 Å². The molecule has 33 heavy (non-hydrogen) atoms. The average molecular weight is 494 g/mol. The lowest BCUT2D eigenvalue weighted by Crippen LogP contribution is -2.53. The smallest absolute Gasteiger partial charge is 0.244 e. The van der Waals surface area contributed by atoms with Gasteiger partial charge in [-0.1, -0.05) is 42.8 Å². The van der Waals surface area contributed by atoms with Gasteiger partial charge in [-0.2, -0.15) is 0 Å². The third-order valence-electron chi connectivity index (χ3n) is 5.05. The number of anilines is 1. The summed E-state index contributed by atoms with van der Waals surface area (Å²) in [5.74, 6) is -0.751. The van der Waals surface area contributed by atoms with E-state index >= 15 is 0 Å². The van der Waals surface area contributed by atoms with E-state index in [2.05, 4.69) is 5.32 Å². The molecular formula is C24H32ClN3O4S. The third-order valence-corrected chi connectivity index (χ3v) is 6.44. The van der Waals surface area contributed by atoms with Gasteiger partial charge < -0.3 is 10.2 Å². The quantitative estimate of drug-likeness (QED) is 0.546. The highest BCUT2D eigenvalue weighted by atomic mass is 35.5. The first kappa shape index (κ1) is 26.7. The van der Waals surface area contributed by atoms with Gasteiger partial charge in [-0.3, -0.25) is 13.9 Å². The highest BCUT2D eigenvalue weighted by molar-refractivity contribution is 7.92. The summed E-state index contributed by atoms with van der Waals surface area (Å²) in [5.41, 5.74) is 2.05. The largest absolute Gasteiger partial charge is 0.352 e. The predicted molar refractivity (Wildman–Crippen MR) is 133 cm³/mol. The lowest BCUT2D eigenvalue weighted by Gasteiger charge is -2.33. The molecule has 2 aromatic carbocycles. The molecule has 0 aliphatic heterocycles. The second kappa shape index (κ2) is 11.5. The number of carbonyl (C=O) groups excluding carboxylic acids is 2. The van der Waals surface area contributed by atoms with Crippen LogP contribution in [0.4, 0.5) is 5.69 Å². The number of benzene rings is 2. The Hall–Kier alpha value is -2.58. The van der Waals surface area contributed by atoms with E-state index in [9.17, 15) is 18.0 Å². The Bertz CT molecular complexity index is 1070. The van der Waals surface area contributed by atoms with E-state index in [1.54, 1.807) is 42.5 Å². The van der Waals surface area contributed by atoms with Gasteiger partial charge in [-0.05, 0) is 62.6 Å². The normalized spacial score (nSPS) is 12.3. The van der Waals surface area contributed by atoms with Gasteiger partial charge in [0.2, 0.25) is 21.8 Å². The fourth-order valence-electron chi connectivity index (χ4n) is 3.48. The molecule has 180 valence electrons. The van der Waals surface area contributed by atoms with Crippen LogP contribution in [0.3, 0.4) is 0 Å². The van der Waals surface area contributed by atoms with Gasteiger partial charge in [0.1, 0.15) is 12.6 Å². The van der Waals surface area contributed by atoms with Crippen molar-refractivity contribution in [1.82, 2.24) is 10.2 Å². The van der Waals surface area contributed by atoms with Crippen molar-refractivity contribution >= 4 is 39.1 Å². The fourth-order valence-corrected chi connectivity index (χ4v) is 4.45. The molecule has 2 amide bonds. The predicted octanol–water partition coefficient (Wildman–Crippen LogP) is 3.75. The van der Waals surface area contributed by atoms with Crippen LogP contribution in [-0.2, 0) is 26.2 Å². The van der Waals surface area contributed by atoms with Crippen molar-refractivity contribution in [3.05, 3.63) is 64.7 Å². The molecule has 0 spiro atoms. The molecule has 0 saturated heterocycles. The van der Waals surface area contributed by atoms with Gasteiger partial charge >= 0.3 is 0 Å². The summed E-state index contributed by atoms with van der Waals surface area (Å²) in [4.78, 5) is 27.9. The Labute approximate surface area is 201 Å². The molecule has 7 nitrogen and oxygen atoms in total. The number of nitrogens with one attached hydrogen (secondary N) is 1. The third kappa shape index (κ3) is 7.75. The van der Waals surface area contributed by atoms with E-state index in [-0.39, 0.29) is 18.5 Å². The summed E-state index contributed by atoms with van der Waals surface area (Å²) >= 11 is 5.99. The molecule has 1 unspecified atom stereocenters. The maximum Gasteiger partial charge on any atom is 0.244 e. The van der Waals surface area contributed by atoms with Crippen LogP contribution in [0.25, 0.3) is 0 Å². The summed E-state index contributed by atoms with van der Waals surface area (Å²) in [6.07, 6.45) is 1.44. The van der Waals surface area contributed by atoms with Gasteiger partial charge in [0.05, 0.1) is 11.9 Å². The van der Waals surface area contributed by atoms with Crippen LogP contribution in [0, 0.1) is 6.92 Å². The zero-order valence-corrected chi connectivity index (χ0v) is 21.3. The maximum absolute atomic E-state index is 13.5. The molecule has 2 aromatic rings. The second-order valence-corrected chi connectivity index (χ2v) is 10.7. The van der Waals surface area contributed by atoms with Crippen molar-refractivity contribution in [1.29, 1.82) is 0 Å². The number of amides is 2. The number of hydrogen-bond acceptors (Lipinski definition) is 4. The molecule has 0 aromatic heterocycles. The number of nitrogens with zero attached hydrogens (tertiary/aromatic N) is 2. The average Bonchev–Trinajstić information content (AvgIpc) is 2.71. The lowest BCUT2D eigenvalue weighted by molar-refractivity contribution is -0.140. The highest BCUT2D eigenvalue weighted by Crippen LogP contribution is 2.21. The number of aryl methyl sites for hydroxylation is 1. The molecule has 0 aliphatic carbocycles. The number of hydrogen-bond donors (Lipinski definition) is 1. The van der Waals surface area contributed by atoms with Gasteiger partial charge in [-0.15, -0.1) is 0 Å². The first-order chi connectivity index (χ1) is 15.4. The van der Waals surface area contributed by atoms with Crippen molar-refractivity contribution in [2.75, 3.05) is 17.1 Å². The summed E-state index contributed by atoms with van der Waals surface area (Å²) < 4.78 is 26.2. The van der Waals surface area contributed by atoms with Crippen molar-refractivity contribution in [3.63, 3.8) is 0 Å². The van der Waals surface area contributed by atoms with Crippen molar-refractivity contribution < 1.29 is 18.0 Å². The number of rotatable bonds is 10. The van der Waals surface area contributed by atoms with E-state index in [0.717, 1.165) is 21.7 Å². The molecule has 0 bridgehead atoms. The van der Waals surface area contributed by atoms with Crippen molar-refractivity contribution in [2.45, 2.75) is 52.7 Å². The Balaban J connectivity index is 2.43. The minimum absolute atomic E-state index is 0.0983. The van der Waals surface area contributed by atoms with Crippen LogP contribution in [0.5, 0.6) is 0 Å². The topological polar surface area (TPSA) is 86.8 Å². The monoisotopic (exact) mass is 493 g/mol. The van der Waals surface area contributed by atoms with Crippen LogP contribution >= 0.6 is 11.6 Å². The fraction of sp³-hybridized carbons (Fsp3) is 0.417. The maximum atomic E-state index is 13.5. The van der Waals surface area contributed by atoms with Gasteiger partial charge in [0.15, 0.2) is 0 Å². The number of halogens is 1. The zero-order chi connectivity index (χ0) is 24.8. The van der Waals surface area contributed by atoms with Crippen LogP contribution < -0.4 is 9.62 Å². The van der Waals surface area contributed by atoms with Gasteiger partial charge in [-0.25, -0.2) is 8.42 Å². The van der Waals surface area contributed by atoms with Gasteiger partial charge in [0.25, 0.3) is 0 Å². The molecule has 0 fully saturated rings. The van der Waals surface area contributed by atoms with E-state index in [4.69, 9.17) is 11.6 Å². The first-order valence-corrected chi connectivity index (χ1v) is 13.0. The Morgan fingerprint density at radius 3 is 2.24 bits per heavy atom. The molecule has 9 heteroatoms. The lowest BCUT2D eigenvalue weighted by atomic mass is 10.1. The molecule has 0 saturated carbocycles. The molecule has 1 N–H and O–H groups in total. The SMILES string of the molecule is CCC(C(=O)NC(C)C)N(Cc1ccc(Cl)cc1)C(=O)CN(c1cccc(C)c1)S(C)(=O)=O. The van der Waals surface area contributed by atoms with E-state index in [1.807, 2.05) is 33.8 Å². The molecule has 0 radical (unpaired) electrons. The minimum atomic E-state index is -3.75. The van der Waals surface area contributed by atoms with Crippen molar-refractivity contribution in [2.24, 2.45) is 0 Å². The number of carbonyl (C=O) groups is 2. The molecule has 1 atom stereocenters. The van der Waals surface area contributed by atoms with E-state index in [0.29, 0.717) is 17.1 Å². The Kier molecular flexibility index (Phi) is 9.31. The molecule has 0 aliphatic rings.